The number of benzene rings is 1. The first-order valence-corrected chi connectivity index (χ1v) is 7.24. The van der Waals surface area contributed by atoms with Gasteiger partial charge in [0.05, 0.1) is 17.7 Å². The Kier molecular flexibility index (Phi) is 3.03. The maximum Gasteiger partial charge on any atom is 0.234 e. The molecule has 4 rings (SSSR count). The summed E-state index contributed by atoms with van der Waals surface area (Å²) in [7, 11) is 0. The molecule has 1 aliphatic carbocycles. The van der Waals surface area contributed by atoms with E-state index in [9.17, 15) is 4.39 Å². The quantitative estimate of drug-likeness (QED) is 0.736. The van der Waals surface area contributed by atoms with Crippen LogP contribution in [0, 0.1) is 12.7 Å². The Morgan fingerprint density at radius 3 is 2.91 bits per heavy atom. The first kappa shape index (κ1) is 13.2. The average molecular weight is 299 g/mol. The van der Waals surface area contributed by atoms with Gasteiger partial charge in [0, 0.05) is 12.0 Å². The van der Waals surface area contributed by atoms with E-state index in [0.29, 0.717) is 35.1 Å². The fourth-order valence-electron chi connectivity index (χ4n) is 2.39. The van der Waals surface area contributed by atoms with Gasteiger partial charge in [0.15, 0.2) is 0 Å². The summed E-state index contributed by atoms with van der Waals surface area (Å²) < 4.78 is 24.5. The highest BCUT2D eigenvalue weighted by Crippen LogP contribution is 2.39. The van der Waals surface area contributed by atoms with Gasteiger partial charge in [0.25, 0.3) is 0 Å². The van der Waals surface area contributed by atoms with E-state index in [-0.39, 0.29) is 11.6 Å². The summed E-state index contributed by atoms with van der Waals surface area (Å²) in [4.78, 5) is 4.24. The second-order valence-electron chi connectivity index (χ2n) is 5.62. The number of rotatable bonds is 4. The standard InChI is InChI=1S/C16H14FN3O2/c1-9-3-2-4-12(15(9)17)16-18-14(22-20-16)8-11-7-13(19-21-11)10-5-6-10/h2-4,7,10H,5-6,8H2,1H3. The molecule has 0 bridgehead atoms. The number of nitrogens with zero attached hydrogens (tertiary/aromatic N) is 3. The zero-order chi connectivity index (χ0) is 15.1. The topological polar surface area (TPSA) is 65.0 Å². The lowest BCUT2D eigenvalue weighted by Crippen LogP contribution is -1.91. The molecule has 0 radical (unpaired) electrons. The van der Waals surface area contributed by atoms with Gasteiger partial charge in [-0.05, 0) is 31.4 Å². The molecule has 0 amide bonds. The molecule has 5 nitrogen and oxygen atoms in total. The fraction of sp³-hybridized carbons (Fsp3) is 0.312. The molecule has 0 unspecified atom stereocenters. The van der Waals surface area contributed by atoms with Crippen LogP contribution < -0.4 is 0 Å². The van der Waals surface area contributed by atoms with E-state index in [1.54, 1.807) is 25.1 Å². The Morgan fingerprint density at radius 1 is 1.23 bits per heavy atom. The van der Waals surface area contributed by atoms with Crippen molar-refractivity contribution in [3.05, 3.63) is 53.0 Å². The Hall–Kier alpha value is -2.50. The predicted octanol–water partition coefficient (Wildman–Crippen LogP) is 3.64. The molecule has 0 N–H and O–H groups in total. The van der Waals surface area contributed by atoms with Crippen molar-refractivity contribution in [2.75, 3.05) is 0 Å². The van der Waals surface area contributed by atoms with Crippen LogP contribution >= 0.6 is 0 Å². The van der Waals surface area contributed by atoms with Crippen LogP contribution in [-0.4, -0.2) is 15.3 Å². The van der Waals surface area contributed by atoms with Gasteiger partial charge < -0.3 is 9.05 Å². The summed E-state index contributed by atoms with van der Waals surface area (Å²) in [5, 5.41) is 7.89. The lowest BCUT2D eigenvalue weighted by molar-refractivity contribution is 0.349. The second-order valence-corrected chi connectivity index (χ2v) is 5.62. The number of aryl methyl sites for hydroxylation is 1. The highest BCUT2D eigenvalue weighted by atomic mass is 19.1. The molecule has 22 heavy (non-hydrogen) atoms. The van der Waals surface area contributed by atoms with Crippen molar-refractivity contribution >= 4 is 0 Å². The van der Waals surface area contributed by atoms with Gasteiger partial charge >= 0.3 is 0 Å². The molecule has 3 aromatic rings. The van der Waals surface area contributed by atoms with Gasteiger partial charge in [0.2, 0.25) is 11.7 Å². The molecule has 6 heteroatoms. The van der Waals surface area contributed by atoms with E-state index in [2.05, 4.69) is 15.3 Å². The normalized spacial score (nSPS) is 14.5. The van der Waals surface area contributed by atoms with Crippen LogP contribution in [0.3, 0.4) is 0 Å². The van der Waals surface area contributed by atoms with Crippen LogP contribution in [-0.2, 0) is 6.42 Å². The Balaban J connectivity index is 1.56. The second kappa shape index (κ2) is 5.05. The van der Waals surface area contributed by atoms with Crippen molar-refractivity contribution in [2.24, 2.45) is 0 Å². The molecule has 0 atom stereocenters. The highest BCUT2D eigenvalue weighted by Gasteiger charge is 2.27. The van der Waals surface area contributed by atoms with Crippen molar-refractivity contribution < 1.29 is 13.4 Å². The molecule has 2 heterocycles. The Morgan fingerprint density at radius 2 is 2.09 bits per heavy atom. The Labute approximate surface area is 126 Å². The molecule has 1 aliphatic rings. The van der Waals surface area contributed by atoms with Crippen molar-refractivity contribution in [3.63, 3.8) is 0 Å². The van der Waals surface area contributed by atoms with E-state index in [1.807, 2.05) is 6.07 Å². The minimum absolute atomic E-state index is 0.248. The number of hydrogen-bond donors (Lipinski definition) is 0. The van der Waals surface area contributed by atoms with Gasteiger partial charge in [-0.3, -0.25) is 0 Å². The zero-order valence-electron chi connectivity index (χ0n) is 12.0. The highest BCUT2D eigenvalue weighted by molar-refractivity contribution is 5.56. The summed E-state index contributed by atoms with van der Waals surface area (Å²) in [6, 6.07) is 7.03. The van der Waals surface area contributed by atoms with Gasteiger partial charge in [0.1, 0.15) is 11.6 Å². The summed E-state index contributed by atoms with van der Waals surface area (Å²) >= 11 is 0. The molecular weight excluding hydrogens is 285 g/mol. The third-order valence-corrected chi connectivity index (χ3v) is 3.80. The summed E-state index contributed by atoms with van der Waals surface area (Å²) in [5.74, 6) is 1.53. The van der Waals surface area contributed by atoms with Crippen LogP contribution in [0.25, 0.3) is 11.4 Å². The van der Waals surface area contributed by atoms with Crippen molar-refractivity contribution in [1.82, 2.24) is 15.3 Å². The van der Waals surface area contributed by atoms with Crippen LogP contribution in [0.4, 0.5) is 4.39 Å². The summed E-state index contributed by atoms with van der Waals surface area (Å²) in [6.45, 7) is 1.70. The van der Waals surface area contributed by atoms with Gasteiger partial charge in [-0.1, -0.05) is 22.4 Å². The molecule has 0 aliphatic heterocycles. The van der Waals surface area contributed by atoms with Crippen LogP contribution in [0.5, 0.6) is 0 Å². The minimum atomic E-state index is -0.328. The summed E-state index contributed by atoms with van der Waals surface area (Å²) in [5.41, 5.74) is 1.87. The number of halogens is 1. The van der Waals surface area contributed by atoms with E-state index in [4.69, 9.17) is 9.05 Å². The van der Waals surface area contributed by atoms with E-state index in [0.717, 1.165) is 5.69 Å². The molecule has 1 saturated carbocycles. The minimum Gasteiger partial charge on any atom is -0.361 e. The van der Waals surface area contributed by atoms with E-state index >= 15 is 0 Å². The molecule has 0 spiro atoms. The summed E-state index contributed by atoms with van der Waals surface area (Å²) in [6.07, 6.45) is 2.70. The lowest BCUT2D eigenvalue weighted by atomic mass is 10.1. The van der Waals surface area contributed by atoms with Crippen LogP contribution in [0.1, 0.15) is 41.7 Å². The Bertz CT molecular complexity index is 820. The first-order valence-electron chi connectivity index (χ1n) is 7.24. The third kappa shape index (κ3) is 2.41. The molecular formula is C16H14FN3O2. The number of hydrogen-bond acceptors (Lipinski definition) is 5. The number of aromatic nitrogens is 3. The molecule has 1 fully saturated rings. The van der Waals surface area contributed by atoms with Crippen molar-refractivity contribution in [3.8, 4) is 11.4 Å². The monoisotopic (exact) mass is 299 g/mol. The van der Waals surface area contributed by atoms with E-state index in [1.165, 1.54) is 12.8 Å². The molecule has 2 aromatic heterocycles. The molecule has 0 saturated heterocycles. The first-order chi connectivity index (χ1) is 10.7. The predicted molar refractivity (Wildman–Crippen MR) is 75.7 cm³/mol. The lowest BCUT2D eigenvalue weighted by Gasteiger charge is -1.99. The SMILES string of the molecule is Cc1cccc(-c2noc(Cc3cc(C4CC4)no3)n2)c1F. The molecule has 1 aromatic carbocycles. The fourth-order valence-corrected chi connectivity index (χ4v) is 2.39. The van der Waals surface area contributed by atoms with Crippen LogP contribution in [0.15, 0.2) is 33.3 Å². The van der Waals surface area contributed by atoms with Gasteiger partial charge in [-0.15, -0.1) is 0 Å². The maximum absolute atomic E-state index is 14.1. The van der Waals surface area contributed by atoms with Crippen molar-refractivity contribution in [1.29, 1.82) is 0 Å². The van der Waals surface area contributed by atoms with Gasteiger partial charge in [-0.25, -0.2) is 4.39 Å². The largest absolute Gasteiger partial charge is 0.361 e. The third-order valence-electron chi connectivity index (χ3n) is 3.80. The maximum atomic E-state index is 14.1. The smallest absolute Gasteiger partial charge is 0.234 e. The van der Waals surface area contributed by atoms with Crippen LogP contribution in [0.2, 0.25) is 0 Å². The van der Waals surface area contributed by atoms with Crippen molar-refractivity contribution in [2.45, 2.75) is 32.1 Å². The van der Waals surface area contributed by atoms with E-state index < -0.39 is 0 Å². The molecule has 112 valence electrons. The zero-order valence-corrected chi connectivity index (χ0v) is 12.0. The average Bonchev–Trinajstić information content (AvgIpc) is 3.09. The van der Waals surface area contributed by atoms with Gasteiger partial charge in [-0.2, -0.15) is 4.98 Å².